The third kappa shape index (κ3) is 9.41. The highest BCUT2D eigenvalue weighted by Gasteiger charge is 2.41. The van der Waals surface area contributed by atoms with Crippen molar-refractivity contribution in [2.45, 2.75) is 38.3 Å². The van der Waals surface area contributed by atoms with Crippen LogP contribution in [0.5, 0.6) is 5.88 Å². The summed E-state index contributed by atoms with van der Waals surface area (Å²) in [6.45, 7) is 7.27. The zero-order chi connectivity index (χ0) is 26.6. The Morgan fingerprint density at radius 1 is 1.19 bits per heavy atom. The standard InChI is InChI=1S/C22H36F3N5O6/c1-3-30(4-2)12-17-20(32)15(13-31)16(14-36-17)27-21-28-18(22(23,24)25)11-19(29-21)35-10-9-34-8-7-33-6-5-26/h11,13,15-17,20,32H,3-10,12,14,26H2,1-2H3,(H,27,28,29)/t15-,16+,17-,20-/m1/s1. The van der Waals surface area contributed by atoms with Crippen LogP contribution in [0.1, 0.15) is 19.5 Å². The van der Waals surface area contributed by atoms with Crippen molar-refractivity contribution in [1.29, 1.82) is 0 Å². The zero-order valence-electron chi connectivity index (χ0n) is 20.6. The number of likely N-dealkylation sites (N-methyl/N-ethyl adjacent to an activating group) is 1. The lowest BCUT2D eigenvalue weighted by molar-refractivity contribution is -0.141. The molecule has 0 saturated carbocycles. The molecule has 0 amide bonds. The largest absolute Gasteiger partial charge is 0.475 e. The van der Waals surface area contributed by atoms with E-state index in [4.69, 9.17) is 24.7 Å². The summed E-state index contributed by atoms with van der Waals surface area (Å²) in [5.74, 6) is -1.65. The predicted octanol–water partition coefficient (Wildman–Crippen LogP) is 0.563. The molecule has 1 aromatic heterocycles. The highest BCUT2D eigenvalue weighted by Crippen LogP contribution is 2.31. The fourth-order valence-electron chi connectivity index (χ4n) is 3.62. The van der Waals surface area contributed by atoms with Gasteiger partial charge in [0, 0.05) is 19.2 Å². The molecule has 14 heteroatoms. The van der Waals surface area contributed by atoms with E-state index in [1.165, 1.54) is 0 Å². The second-order valence-electron chi connectivity index (χ2n) is 8.09. The highest BCUT2D eigenvalue weighted by molar-refractivity contribution is 5.58. The quantitative estimate of drug-likeness (QED) is 0.207. The number of nitrogens with zero attached hydrogens (tertiary/aromatic N) is 3. The summed E-state index contributed by atoms with van der Waals surface area (Å²) in [7, 11) is 0. The average Bonchev–Trinajstić information content (AvgIpc) is 2.85. The van der Waals surface area contributed by atoms with Gasteiger partial charge in [-0.25, -0.2) is 4.98 Å². The Kier molecular flexibility index (Phi) is 12.7. The molecular weight excluding hydrogens is 487 g/mol. The summed E-state index contributed by atoms with van der Waals surface area (Å²) in [4.78, 5) is 21.3. The number of aliphatic hydroxyl groups is 1. The smallest absolute Gasteiger partial charge is 0.433 e. The topological polar surface area (TPSA) is 141 Å². The Morgan fingerprint density at radius 2 is 1.86 bits per heavy atom. The van der Waals surface area contributed by atoms with Crippen molar-refractivity contribution in [3.05, 3.63) is 11.8 Å². The fraction of sp³-hybridized carbons (Fsp3) is 0.773. The van der Waals surface area contributed by atoms with Crippen molar-refractivity contribution in [1.82, 2.24) is 14.9 Å². The lowest BCUT2D eigenvalue weighted by Gasteiger charge is -2.39. The first-order valence-electron chi connectivity index (χ1n) is 11.9. The van der Waals surface area contributed by atoms with Crippen molar-refractivity contribution in [3.8, 4) is 5.88 Å². The van der Waals surface area contributed by atoms with E-state index in [0.717, 1.165) is 13.1 Å². The van der Waals surface area contributed by atoms with Gasteiger partial charge in [0.2, 0.25) is 11.8 Å². The molecule has 0 radical (unpaired) electrons. The average molecular weight is 524 g/mol. The third-order valence-corrected chi connectivity index (χ3v) is 5.64. The molecule has 0 aromatic carbocycles. The van der Waals surface area contributed by atoms with Gasteiger partial charge in [0.25, 0.3) is 0 Å². The van der Waals surface area contributed by atoms with Crippen molar-refractivity contribution in [2.75, 3.05) is 71.1 Å². The second kappa shape index (κ2) is 15.2. The minimum Gasteiger partial charge on any atom is -0.475 e. The normalized spacial score (nSPS) is 22.6. The maximum atomic E-state index is 13.4. The highest BCUT2D eigenvalue weighted by atomic mass is 19.4. The Labute approximate surface area is 208 Å². The summed E-state index contributed by atoms with van der Waals surface area (Å²) in [6.07, 6.45) is -5.95. The summed E-state index contributed by atoms with van der Waals surface area (Å²) in [6, 6.07) is -0.155. The van der Waals surface area contributed by atoms with Gasteiger partial charge in [-0.05, 0) is 13.1 Å². The van der Waals surface area contributed by atoms with E-state index in [9.17, 15) is 23.1 Å². The number of alkyl halides is 3. The first-order chi connectivity index (χ1) is 17.2. The number of carbonyl (C=O) groups excluding carboxylic acids is 1. The van der Waals surface area contributed by atoms with Crippen LogP contribution < -0.4 is 15.8 Å². The maximum Gasteiger partial charge on any atom is 0.433 e. The number of carbonyl (C=O) groups is 1. The van der Waals surface area contributed by atoms with Crippen LogP contribution in [0.2, 0.25) is 0 Å². The molecule has 0 unspecified atom stereocenters. The number of hydrogen-bond donors (Lipinski definition) is 3. The number of hydrogen-bond acceptors (Lipinski definition) is 11. The fourth-order valence-corrected chi connectivity index (χ4v) is 3.62. The van der Waals surface area contributed by atoms with Gasteiger partial charge in [-0.15, -0.1) is 0 Å². The predicted molar refractivity (Wildman–Crippen MR) is 124 cm³/mol. The van der Waals surface area contributed by atoms with Crippen molar-refractivity contribution in [3.63, 3.8) is 0 Å². The minimum atomic E-state index is -4.75. The van der Waals surface area contributed by atoms with Gasteiger partial charge < -0.3 is 44.8 Å². The van der Waals surface area contributed by atoms with E-state index in [1.807, 2.05) is 18.7 Å². The van der Waals surface area contributed by atoms with Crippen molar-refractivity contribution >= 4 is 12.2 Å². The Bertz CT molecular complexity index is 787. The monoisotopic (exact) mass is 523 g/mol. The number of anilines is 1. The van der Waals surface area contributed by atoms with Gasteiger partial charge in [-0.3, -0.25) is 0 Å². The third-order valence-electron chi connectivity index (χ3n) is 5.64. The number of halogens is 3. The van der Waals surface area contributed by atoms with Crippen LogP contribution >= 0.6 is 0 Å². The van der Waals surface area contributed by atoms with Crippen LogP contribution in [0.3, 0.4) is 0 Å². The summed E-state index contributed by atoms with van der Waals surface area (Å²) < 4.78 is 61.7. The second-order valence-corrected chi connectivity index (χ2v) is 8.09. The Hall–Kier alpha value is -2.10. The summed E-state index contributed by atoms with van der Waals surface area (Å²) in [5, 5.41) is 13.4. The van der Waals surface area contributed by atoms with Crippen LogP contribution in [0.15, 0.2) is 6.07 Å². The van der Waals surface area contributed by atoms with Gasteiger partial charge in [0.15, 0.2) is 5.69 Å². The number of aldehydes is 1. The van der Waals surface area contributed by atoms with Crippen molar-refractivity contribution in [2.24, 2.45) is 11.7 Å². The zero-order valence-corrected chi connectivity index (χ0v) is 20.6. The molecule has 206 valence electrons. The van der Waals surface area contributed by atoms with E-state index in [1.54, 1.807) is 0 Å². The van der Waals surface area contributed by atoms with Gasteiger partial charge in [0.05, 0.1) is 57.2 Å². The van der Waals surface area contributed by atoms with E-state index in [0.29, 0.717) is 38.7 Å². The van der Waals surface area contributed by atoms with Gasteiger partial charge >= 0.3 is 6.18 Å². The molecule has 11 nitrogen and oxygen atoms in total. The molecule has 4 N–H and O–H groups in total. The first-order valence-corrected chi connectivity index (χ1v) is 11.9. The van der Waals surface area contributed by atoms with Crippen LogP contribution in [-0.4, -0.2) is 110 Å². The molecule has 0 spiro atoms. The number of aliphatic hydroxyl groups excluding tert-OH is 1. The molecule has 0 aliphatic carbocycles. The van der Waals surface area contributed by atoms with Gasteiger partial charge in [-0.2, -0.15) is 18.2 Å². The SMILES string of the molecule is CCN(CC)C[C@H]1OC[C@H](Nc2nc(OCCOCCOCCN)cc(C(F)(F)F)n2)[C@@H](C=O)[C@H]1O. The van der Waals surface area contributed by atoms with Crippen LogP contribution in [0.4, 0.5) is 19.1 Å². The molecule has 4 atom stereocenters. The number of rotatable bonds is 16. The Morgan fingerprint density at radius 3 is 2.47 bits per heavy atom. The number of nitrogens with one attached hydrogen (secondary N) is 1. The van der Waals surface area contributed by atoms with E-state index in [-0.39, 0.29) is 32.3 Å². The Balaban J connectivity index is 2.03. The van der Waals surface area contributed by atoms with E-state index in [2.05, 4.69) is 15.3 Å². The molecule has 1 aromatic rings. The van der Waals surface area contributed by atoms with Gasteiger partial charge in [-0.1, -0.05) is 13.8 Å². The molecule has 2 rings (SSSR count). The van der Waals surface area contributed by atoms with Crippen molar-refractivity contribution < 1.29 is 42.0 Å². The van der Waals surface area contributed by atoms with Crippen LogP contribution in [0, 0.1) is 5.92 Å². The van der Waals surface area contributed by atoms with E-state index < -0.39 is 42.0 Å². The molecule has 1 fully saturated rings. The molecular formula is C22H36F3N5O6. The lowest BCUT2D eigenvalue weighted by Crippen LogP contribution is -2.56. The molecule has 0 bridgehead atoms. The number of ether oxygens (including phenoxy) is 4. The summed E-state index contributed by atoms with van der Waals surface area (Å²) in [5.41, 5.74) is 4.09. The molecule has 2 heterocycles. The molecule has 1 saturated heterocycles. The summed E-state index contributed by atoms with van der Waals surface area (Å²) >= 11 is 0. The van der Waals surface area contributed by atoms with E-state index >= 15 is 0 Å². The van der Waals surface area contributed by atoms with Crippen LogP contribution in [-0.2, 0) is 25.2 Å². The number of nitrogens with two attached hydrogens (primary N) is 1. The number of aromatic nitrogens is 2. The maximum absolute atomic E-state index is 13.4. The molecule has 1 aliphatic rings. The molecule has 36 heavy (non-hydrogen) atoms. The first kappa shape index (κ1) is 30.1. The van der Waals surface area contributed by atoms with Crippen LogP contribution in [0.25, 0.3) is 0 Å². The lowest BCUT2D eigenvalue weighted by atomic mass is 9.89. The molecule has 1 aliphatic heterocycles. The minimum absolute atomic E-state index is 0.0255. The van der Waals surface area contributed by atoms with Gasteiger partial charge in [0.1, 0.15) is 12.9 Å².